The molecule has 0 saturated carbocycles. The van der Waals surface area contributed by atoms with Gasteiger partial charge in [-0.25, -0.2) is 4.98 Å². The van der Waals surface area contributed by atoms with Crippen molar-refractivity contribution in [3.8, 4) is 5.75 Å². The first-order valence-corrected chi connectivity index (χ1v) is 10.7. The highest BCUT2D eigenvalue weighted by molar-refractivity contribution is 7.99. The second-order valence-electron chi connectivity index (χ2n) is 5.89. The van der Waals surface area contributed by atoms with Gasteiger partial charge in [-0.15, -0.1) is 11.8 Å². The van der Waals surface area contributed by atoms with Gasteiger partial charge in [0.05, 0.1) is 16.7 Å². The molecule has 3 nitrogen and oxygen atoms in total. The summed E-state index contributed by atoms with van der Waals surface area (Å²) in [6.07, 6.45) is 6.10. The Balaban J connectivity index is 1.49. The molecule has 0 bridgehead atoms. The van der Waals surface area contributed by atoms with Crippen molar-refractivity contribution in [2.45, 2.75) is 24.2 Å². The van der Waals surface area contributed by atoms with E-state index in [0.717, 1.165) is 52.1 Å². The van der Waals surface area contributed by atoms with Gasteiger partial charge in [0.1, 0.15) is 11.6 Å². The summed E-state index contributed by atoms with van der Waals surface area (Å²) in [5.41, 5.74) is 1.08. The highest BCUT2D eigenvalue weighted by Crippen LogP contribution is 2.37. The van der Waals surface area contributed by atoms with Crippen LogP contribution in [0.3, 0.4) is 0 Å². The number of hydrogen-bond donors (Lipinski definition) is 1. The number of thioether (sulfide) groups is 1. The van der Waals surface area contributed by atoms with E-state index < -0.39 is 0 Å². The zero-order valence-electron chi connectivity index (χ0n) is 14.6. The molecule has 7 heteroatoms. The van der Waals surface area contributed by atoms with E-state index in [-0.39, 0.29) is 0 Å². The Hall–Kier alpha value is -1.33. The second kappa shape index (κ2) is 10.3. The molecule has 3 aromatic rings. The number of rotatable bonds is 9. The van der Waals surface area contributed by atoms with Crippen LogP contribution in [0.2, 0.25) is 15.1 Å². The van der Waals surface area contributed by atoms with Gasteiger partial charge in [0.25, 0.3) is 0 Å². The van der Waals surface area contributed by atoms with E-state index in [1.807, 2.05) is 42.6 Å². The van der Waals surface area contributed by atoms with Crippen LogP contribution in [0.1, 0.15) is 17.8 Å². The number of nitrogens with one attached hydrogen (secondary N) is 1. The Morgan fingerprint density at radius 2 is 1.81 bits per heavy atom. The molecule has 0 aliphatic heterocycles. The number of H-pyrrole nitrogens is 1. The smallest absolute Gasteiger partial charge is 0.119 e. The molecule has 0 spiro atoms. The number of ether oxygens (including phenoxy) is 1. The van der Waals surface area contributed by atoms with Gasteiger partial charge in [0, 0.05) is 34.5 Å². The van der Waals surface area contributed by atoms with Crippen LogP contribution in [-0.2, 0) is 12.8 Å². The molecular weight excluding hydrogens is 423 g/mol. The first-order chi connectivity index (χ1) is 13.1. The Labute approximate surface area is 178 Å². The lowest BCUT2D eigenvalue weighted by molar-refractivity contribution is 0.319. The minimum atomic E-state index is 0.627. The molecule has 0 amide bonds. The molecule has 0 atom stereocenters. The highest BCUT2D eigenvalue weighted by atomic mass is 35.5. The van der Waals surface area contributed by atoms with Crippen LogP contribution >= 0.6 is 46.6 Å². The summed E-state index contributed by atoms with van der Waals surface area (Å²) in [4.78, 5) is 8.29. The number of hydrogen-bond acceptors (Lipinski definition) is 3. The van der Waals surface area contributed by atoms with Gasteiger partial charge in [-0.1, -0.05) is 40.9 Å². The summed E-state index contributed by atoms with van der Waals surface area (Å²) in [6.45, 7) is 0.627. The maximum Gasteiger partial charge on any atom is 0.119 e. The van der Waals surface area contributed by atoms with E-state index in [1.165, 1.54) is 0 Å². The van der Waals surface area contributed by atoms with Crippen LogP contribution in [0, 0.1) is 0 Å². The second-order valence-corrected chi connectivity index (χ2v) is 8.22. The highest BCUT2D eigenvalue weighted by Gasteiger charge is 2.12. The van der Waals surface area contributed by atoms with Crippen molar-refractivity contribution in [2.24, 2.45) is 0 Å². The standard InChI is InChI=1S/C20H19Cl3N2OS/c21-15-4-6-16(7-5-15)26-12-1-13-27-20-17(22)8-2-14(19(20)23)3-9-18-24-10-11-25-18/h2,4-8,10-11H,1,3,9,12-13H2,(H,24,25). The van der Waals surface area contributed by atoms with E-state index in [2.05, 4.69) is 9.97 Å². The number of aromatic nitrogens is 2. The molecule has 0 aliphatic rings. The van der Waals surface area contributed by atoms with E-state index in [4.69, 9.17) is 39.5 Å². The Morgan fingerprint density at radius 3 is 2.56 bits per heavy atom. The lowest BCUT2D eigenvalue weighted by Gasteiger charge is -2.11. The van der Waals surface area contributed by atoms with Crippen molar-refractivity contribution in [3.63, 3.8) is 0 Å². The molecule has 2 aromatic carbocycles. The number of imidazole rings is 1. The van der Waals surface area contributed by atoms with Gasteiger partial charge in [0.15, 0.2) is 0 Å². The summed E-state index contributed by atoms with van der Waals surface area (Å²) >= 11 is 20.5. The number of halogens is 3. The molecule has 27 heavy (non-hydrogen) atoms. The minimum Gasteiger partial charge on any atom is -0.494 e. The Bertz CT molecular complexity index is 854. The molecule has 0 unspecified atom stereocenters. The molecule has 0 saturated heterocycles. The van der Waals surface area contributed by atoms with Gasteiger partial charge in [-0.05, 0) is 48.7 Å². The topological polar surface area (TPSA) is 37.9 Å². The third-order valence-corrected chi connectivity index (χ3v) is 6.36. The third kappa shape index (κ3) is 6.08. The van der Waals surface area contributed by atoms with Crippen molar-refractivity contribution in [3.05, 3.63) is 75.2 Å². The largest absolute Gasteiger partial charge is 0.494 e. The van der Waals surface area contributed by atoms with Gasteiger partial charge in [0.2, 0.25) is 0 Å². The first kappa shape index (κ1) is 20.4. The third-order valence-electron chi connectivity index (χ3n) is 3.93. The molecule has 142 valence electrons. The lowest BCUT2D eigenvalue weighted by atomic mass is 10.1. The molecule has 3 rings (SSSR count). The number of benzene rings is 2. The molecule has 0 fully saturated rings. The number of nitrogens with zero attached hydrogens (tertiary/aromatic N) is 1. The molecular formula is C20H19Cl3N2OS. The van der Waals surface area contributed by atoms with Gasteiger partial charge >= 0.3 is 0 Å². The van der Waals surface area contributed by atoms with Crippen LogP contribution in [0.5, 0.6) is 5.75 Å². The fourth-order valence-corrected chi connectivity index (χ4v) is 4.39. The summed E-state index contributed by atoms with van der Waals surface area (Å²) in [5, 5.41) is 2.12. The van der Waals surface area contributed by atoms with Crippen LogP contribution in [0.4, 0.5) is 0 Å². The molecule has 1 heterocycles. The number of aromatic amines is 1. The zero-order chi connectivity index (χ0) is 19.1. The summed E-state index contributed by atoms with van der Waals surface area (Å²) in [6, 6.07) is 11.3. The number of aryl methyl sites for hydroxylation is 2. The van der Waals surface area contributed by atoms with Crippen LogP contribution in [-0.4, -0.2) is 22.3 Å². The summed E-state index contributed by atoms with van der Waals surface area (Å²) < 4.78 is 5.71. The average Bonchev–Trinajstić information content (AvgIpc) is 3.18. The van der Waals surface area contributed by atoms with E-state index in [9.17, 15) is 0 Å². The van der Waals surface area contributed by atoms with Gasteiger partial charge in [-0.2, -0.15) is 0 Å². The van der Waals surface area contributed by atoms with Crippen LogP contribution < -0.4 is 4.74 Å². The van der Waals surface area contributed by atoms with E-state index in [0.29, 0.717) is 16.7 Å². The average molecular weight is 442 g/mol. The van der Waals surface area contributed by atoms with Crippen molar-refractivity contribution < 1.29 is 4.74 Å². The van der Waals surface area contributed by atoms with Crippen molar-refractivity contribution in [1.29, 1.82) is 0 Å². The van der Waals surface area contributed by atoms with Crippen molar-refractivity contribution in [1.82, 2.24) is 9.97 Å². The molecule has 1 N–H and O–H groups in total. The van der Waals surface area contributed by atoms with E-state index >= 15 is 0 Å². The van der Waals surface area contributed by atoms with Crippen molar-refractivity contribution >= 4 is 46.6 Å². The normalized spacial score (nSPS) is 10.9. The fraction of sp³-hybridized carbons (Fsp3) is 0.250. The van der Waals surface area contributed by atoms with Gasteiger partial charge in [-0.3, -0.25) is 0 Å². The maximum atomic E-state index is 6.60. The molecule has 0 radical (unpaired) electrons. The van der Waals surface area contributed by atoms with Crippen LogP contribution in [0.15, 0.2) is 53.7 Å². The first-order valence-electron chi connectivity index (χ1n) is 8.60. The maximum absolute atomic E-state index is 6.60. The van der Waals surface area contributed by atoms with E-state index in [1.54, 1.807) is 18.0 Å². The van der Waals surface area contributed by atoms with Crippen molar-refractivity contribution in [2.75, 3.05) is 12.4 Å². The quantitative estimate of drug-likeness (QED) is 0.296. The summed E-state index contributed by atoms with van der Waals surface area (Å²) in [7, 11) is 0. The Kier molecular flexibility index (Phi) is 7.77. The Morgan fingerprint density at radius 1 is 1.00 bits per heavy atom. The zero-order valence-corrected chi connectivity index (χ0v) is 17.6. The fourth-order valence-electron chi connectivity index (χ4n) is 2.54. The van der Waals surface area contributed by atoms with Crippen LogP contribution in [0.25, 0.3) is 0 Å². The molecule has 0 aliphatic carbocycles. The van der Waals surface area contributed by atoms with Gasteiger partial charge < -0.3 is 9.72 Å². The predicted molar refractivity (Wildman–Crippen MR) is 115 cm³/mol. The summed E-state index contributed by atoms with van der Waals surface area (Å²) in [5.74, 6) is 2.64. The predicted octanol–water partition coefficient (Wildman–Crippen LogP) is 6.72. The lowest BCUT2D eigenvalue weighted by Crippen LogP contribution is -1.99. The monoisotopic (exact) mass is 440 g/mol. The minimum absolute atomic E-state index is 0.627. The molecule has 1 aromatic heterocycles. The SMILES string of the molecule is Clc1ccc(OCCCSc2c(Cl)ccc(CCc3ncc[nH]3)c2Cl)cc1.